The fourth-order valence-corrected chi connectivity index (χ4v) is 2.81. The third-order valence-electron chi connectivity index (χ3n) is 3.37. The van der Waals surface area contributed by atoms with Gasteiger partial charge in [-0.1, -0.05) is 48.7 Å². The molecular formula is C17H19Cl2N3S. The predicted molar refractivity (Wildman–Crippen MR) is 106 cm³/mol. The highest BCUT2D eigenvalue weighted by Gasteiger charge is 2.06. The van der Waals surface area contributed by atoms with Gasteiger partial charge in [-0.3, -0.25) is 0 Å². The van der Waals surface area contributed by atoms with Crippen molar-refractivity contribution in [1.29, 1.82) is 0 Å². The van der Waals surface area contributed by atoms with Crippen molar-refractivity contribution in [2.75, 3.05) is 16.4 Å². The minimum absolute atomic E-state index is 0.362. The second-order valence-corrected chi connectivity index (χ2v) is 6.46. The van der Waals surface area contributed by atoms with Crippen molar-refractivity contribution < 1.29 is 0 Å². The molecule has 2 aromatic carbocycles. The van der Waals surface area contributed by atoms with Crippen LogP contribution < -0.4 is 16.4 Å². The second-order valence-electron chi connectivity index (χ2n) is 5.23. The van der Waals surface area contributed by atoms with Crippen molar-refractivity contribution >= 4 is 57.6 Å². The number of halogens is 2. The van der Waals surface area contributed by atoms with Gasteiger partial charge in [-0.2, -0.15) is 0 Å². The Balaban J connectivity index is 1.97. The smallest absolute Gasteiger partial charge is 0.175 e. The van der Waals surface area contributed by atoms with E-state index in [-0.39, 0.29) is 0 Å². The zero-order valence-corrected chi connectivity index (χ0v) is 15.2. The van der Waals surface area contributed by atoms with Crippen LogP contribution in [0.2, 0.25) is 10.0 Å². The lowest BCUT2D eigenvalue weighted by atomic mass is 10.1. The van der Waals surface area contributed by atoms with Crippen molar-refractivity contribution in [1.82, 2.24) is 0 Å². The van der Waals surface area contributed by atoms with E-state index in [9.17, 15) is 0 Å². The Morgan fingerprint density at radius 2 is 1.61 bits per heavy atom. The normalized spacial score (nSPS) is 10.4. The highest BCUT2D eigenvalue weighted by Crippen LogP contribution is 2.31. The SMILES string of the molecule is CCCCc1ccc(NC(=S)Nc2cc(Cl)c(N)c(Cl)c2)cc1. The molecule has 0 radical (unpaired) electrons. The van der Waals surface area contributed by atoms with E-state index in [1.54, 1.807) is 12.1 Å². The molecule has 0 aliphatic rings. The average molecular weight is 368 g/mol. The number of rotatable bonds is 5. The number of hydrogen-bond acceptors (Lipinski definition) is 2. The number of anilines is 3. The number of thiocarbonyl (C=S) groups is 1. The molecule has 2 aromatic rings. The third kappa shape index (κ3) is 5.27. The molecule has 0 saturated heterocycles. The maximum Gasteiger partial charge on any atom is 0.175 e. The van der Waals surface area contributed by atoms with Crippen LogP contribution in [0.5, 0.6) is 0 Å². The summed E-state index contributed by atoms with van der Waals surface area (Å²) < 4.78 is 0. The summed E-state index contributed by atoms with van der Waals surface area (Å²) in [4.78, 5) is 0. The maximum atomic E-state index is 6.01. The first kappa shape index (κ1) is 17.9. The Morgan fingerprint density at radius 3 is 2.17 bits per heavy atom. The Bertz CT molecular complexity index is 664. The van der Waals surface area contributed by atoms with Crippen molar-refractivity contribution in [3.63, 3.8) is 0 Å². The van der Waals surface area contributed by atoms with Crippen LogP contribution in [0.3, 0.4) is 0 Å². The molecule has 122 valence electrons. The van der Waals surface area contributed by atoms with E-state index in [1.807, 2.05) is 12.1 Å². The Hall–Kier alpha value is -1.49. The Morgan fingerprint density at radius 1 is 1.04 bits per heavy atom. The van der Waals surface area contributed by atoms with Crippen LogP contribution in [0.1, 0.15) is 25.3 Å². The molecule has 0 bridgehead atoms. The lowest BCUT2D eigenvalue weighted by molar-refractivity contribution is 0.795. The first-order valence-corrected chi connectivity index (χ1v) is 8.57. The Labute approximate surface area is 152 Å². The Kier molecular flexibility index (Phi) is 6.51. The molecule has 0 unspecified atom stereocenters. The van der Waals surface area contributed by atoms with Gasteiger partial charge < -0.3 is 16.4 Å². The molecule has 0 aromatic heterocycles. The number of nitrogen functional groups attached to an aromatic ring is 1. The van der Waals surface area contributed by atoms with Crippen LogP contribution in [0, 0.1) is 0 Å². The summed E-state index contributed by atoms with van der Waals surface area (Å²) in [7, 11) is 0. The molecule has 0 heterocycles. The monoisotopic (exact) mass is 367 g/mol. The molecule has 0 spiro atoms. The van der Waals surface area contributed by atoms with Crippen LogP contribution in [0.15, 0.2) is 36.4 Å². The second kappa shape index (κ2) is 8.39. The van der Waals surface area contributed by atoms with Crippen LogP contribution in [0.4, 0.5) is 17.1 Å². The summed E-state index contributed by atoms with van der Waals surface area (Å²) in [6, 6.07) is 11.6. The van der Waals surface area contributed by atoms with Gasteiger partial charge in [-0.25, -0.2) is 0 Å². The lowest BCUT2D eigenvalue weighted by Gasteiger charge is -2.12. The molecule has 0 amide bonds. The van der Waals surface area contributed by atoms with E-state index in [2.05, 4.69) is 29.7 Å². The van der Waals surface area contributed by atoms with Gasteiger partial charge in [-0.05, 0) is 54.9 Å². The number of nitrogens with two attached hydrogens (primary N) is 1. The fourth-order valence-electron chi connectivity index (χ4n) is 2.09. The summed E-state index contributed by atoms with van der Waals surface area (Å²) in [5.74, 6) is 0. The fraction of sp³-hybridized carbons (Fsp3) is 0.235. The van der Waals surface area contributed by atoms with Crippen LogP contribution in [-0.4, -0.2) is 5.11 Å². The van der Waals surface area contributed by atoms with E-state index in [0.29, 0.717) is 26.5 Å². The highest BCUT2D eigenvalue weighted by atomic mass is 35.5. The van der Waals surface area contributed by atoms with Crippen molar-refractivity contribution in [3.05, 3.63) is 52.0 Å². The van der Waals surface area contributed by atoms with Gasteiger partial charge in [0.2, 0.25) is 0 Å². The van der Waals surface area contributed by atoms with Crippen LogP contribution in [-0.2, 0) is 6.42 Å². The lowest BCUT2D eigenvalue weighted by Crippen LogP contribution is -2.19. The third-order valence-corrected chi connectivity index (χ3v) is 4.20. The molecule has 0 saturated carbocycles. The molecule has 6 heteroatoms. The van der Waals surface area contributed by atoms with Crippen molar-refractivity contribution in [2.45, 2.75) is 26.2 Å². The minimum atomic E-state index is 0.362. The van der Waals surface area contributed by atoms with Gasteiger partial charge in [0.05, 0.1) is 15.7 Å². The summed E-state index contributed by atoms with van der Waals surface area (Å²) in [5, 5.41) is 7.42. The van der Waals surface area contributed by atoms with Gasteiger partial charge in [0, 0.05) is 11.4 Å². The van der Waals surface area contributed by atoms with E-state index in [4.69, 9.17) is 41.2 Å². The molecule has 0 atom stereocenters. The van der Waals surface area contributed by atoms with E-state index >= 15 is 0 Å². The molecular weight excluding hydrogens is 349 g/mol. The van der Waals surface area contributed by atoms with Gasteiger partial charge >= 0.3 is 0 Å². The summed E-state index contributed by atoms with van der Waals surface area (Å²) in [6.07, 6.45) is 3.49. The molecule has 0 fully saturated rings. The molecule has 4 N–H and O–H groups in total. The number of aryl methyl sites for hydroxylation is 1. The topological polar surface area (TPSA) is 50.1 Å². The minimum Gasteiger partial charge on any atom is -0.396 e. The van der Waals surface area contributed by atoms with Crippen molar-refractivity contribution in [3.8, 4) is 0 Å². The van der Waals surface area contributed by atoms with E-state index < -0.39 is 0 Å². The quantitative estimate of drug-likeness (QED) is 0.466. The predicted octanol–water partition coefficient (Wildman–Crippen LogP) is 5.73. The molecule has 23 heavy (non-hydrogen) atoms. The summed E-state index contributed by atoms with van der Waals surface area (Å²) in [6.45, 7) is 2.19. The number of hydrogen-bond donors (Lipinski definition) is 3. The van der Waals surface area contributed by atoms with Gasteiger partial charge in [-0.15, -0.1) is 0 Å². The zero-order valence-electron chi connectivity index (χ0n) is 12.8. The van der Waals surface area contributed by atoms with Gasteiger partial charge in [0.15, 0.2) is 5.11 Å². The highest BCUT2D eigenvalue weighted by molar-refractivity contribution is 7.80. The first-order valence-electron chi connectivity index (χ1n) is 7.41. The van der Waals surface area contributed by atoms with Gasteiger partial charge in [0.1, 0.15) is 0 Å². The average Bonchev–Trinajstić information content (AvgIpc) is 2.51. The van der Waals surface area contributed by atoms with Gasteiger partial charge in [0.25, 0.3) is 0 Å². The molecule has 3 nitrogen and oxygen atoms in total. The molecule has 0 aliphatic carbocycles. The standard InChI is InChI=1S/C17H19Cl2N3S/c1-2-3-4-11-5-7-12(8-6-11)21-17(23)22-13-9-14(18)16(20)15(19)10-13/h5-10H,2-4,20H2,1H3,(H2,21,22,23). The maximum absolute atomic E-state index is 6.01. The van der Waals surface area contributed by atoms with Crippen LogP contribution >= 0.6 is 35.4 Å². The molecule has 0 aliphatic heterocycles. The largest absolute Gasteiger partial charge is 0.396 e. The van der Waals surface area contributed by atoms with E-state index in [1.165, 1.54) is 18.4 Å². The van der Waals surface area contributed by atoms with Crippen LogP contribution in [0.25, 0.3) is 0 Å². The molecule has 2 rings (SSSR count). The number of unbranched alkanes of at least 4 members (excludes halogenated alkanes) is 1. The van der Waals surface area contributed by atoms with Crippen molar-refractivity contribution in [2.24, 2.45) is 0 Å². The zero-order chi connectivity index (χ0) is 16.8. The summed E-state index contributed by atoms with van der Waals surface area (Å²) in [5.41, 5.74) is 9.02. The summed E-state index contributed by atoms with van der Waals surface area (Å²) >= 11 is 17.3. The number of benzene rings is 2. The first-order chi connectivity index (χ1) is 11.0. The number of nitrogens with one attached hydrogen (secondary N) is 2. The van der Waals surface area contributed by atoms with E-state index in [0.717, 1.165) is 12.1 Å².